The van der Waals surface area contributed by atoms with Gasteiger partial charge >= 0.3 is 0 Å². The molecule has 0 fully saturated rings. The lowest BCUT2D eigenvalue weighted by molar-refractivity contribution is -0.118. The molecular weight excluding hydrogens is 362 g/mol. The van der Waals surface area contributed by atoms with E-state index < -0.39 is 0 Å². The van der Waals surface area contributed by atoms with Gasteiger partial charge in [-0.25, -0.2) is 4.98 Å². The number of amides is 1. The molecule has 140 valence electrons. The molecule has 5 nitrogen and oxygen atoms in total. The number of nitrogens with one attached hydrogen (secondary N) is 1. The minimum atomic E-state index is -0.262. The highest BCUT2D eigenvalue weighted by atomic mass is 35.5. The van der Waals surface area contributed by atoms with Crippen LogP contribution in [-0.2, 0) is 11.3 Å². The summed E-state index contributed by atoms with van der Waals surface area (Å²) in [6.45, 7) is 8.29. The second kappa shape index (κ2) is 8.27. The van der Waals surface area contributed by atoms with Gasteiger partial charge in [-0.2, -0.15) is 0 Å². The molecule has 1 heterocycles. The Morgan fingerprint density at radius 1 is 1.26 bits per heavy atom. The fraction of sp³-hybridized carbons (Fsp3) is 0.238. The van der Waals surface area contributed by atoms with Crippen LogP contribution in [0.4, 0.5) is 0 Å². The lowest BCUT2D eigenvalue weighted by Crippen LogP contribution is -2.29. The summed E-state index contributed by atoms with van der Waals surface area (Å²) in [7, 11) is 0. The third-order valence-electron chi connectivity index (χ3n) is 4.22. The lowest BCUT2D eigenvalue weighted by Gasteiger charge is -2.17. The van der Waals surface area contributed by atoms with Crippen LogP contribution in [0.1, 0.15) is 25.7 Å². The maximum atomic E-state index is 12.0. The number of imidazole rings is 1. The van der Waals surface area contributed by atoms with Crippen LogP contribution in [0.15, 0.2) is 60.7 Å². The summed E-state index contributed by atoms with van der Waals surface area (Å²) < 4.78 is 7.90. The van der Waals surface area contributed by atoms with Crippen molar-refractivity contribution in [2.24, 2.45) is 0 Å². The highest BCUT2D eigenvalue weighted by molar-refractivity contribution is 6.32. The summed E-state index contributed by atoms with van der Waals surface area (Å²) >= 11 is 6.15. The van der Waals surface area contributed by atoms with E-state index in [1.165, 1.54) is 0 Å². The van der Waals surface area contributed by atoms with Gasteiger partial charge in [0.05, 0.1) is 28.6 Å². The zero-order valence-corrected chi connectivity index (χ0v) is 16.2. The Morgan fingerprint density at radius 3 is 2.70 bits per heavy atom. The number of ether oxygens (including phenoxy) is 1. The molecule has 1 aromatic heterocycles. The number of nitrogens with zero attached hydrogens (tertiary/aromatic N) is 2. The number of fused-ring (bicyclic) bond motifs is 1. The molecule has 1 N–H and O–H groups in total. The molecule has 1 atom stereocenters. The predicted molar refractivity (Wildman–Crippen MR) is 108 cm³/mol. The summed E-state index contributed by atoms with van der Waals surface area (Å²) in [5.74, 6) is 1.23. The second-order valence-electron chi connectivity index (χ2n) is 6.36. The van der Waals surface area contributed by atoms with E-state index in [0.29, 0.717) is 29.5 Å². The van der Waals surface area contributed by atoms with Crippen molar-refractivity contribution in [3.05, 3.63) is 71.5 Å². The summed E-state index contributed by atoms with van der Waals surface area (Å²) in [6, 6.07) is 15.0. The molecule has 3 aromatic rings. The third kappa shape index (κ3) is 4.31. The summed E-state index contributed by atoms with van der Waals surface area (Å²) in [6.07, 6.45) is 0. The van der Waals surface area contributed by atoms with Crippen molar-refractivity contribution >= 4 is 28.5 Å². The van der Waals surface area contributed by atoms with Crippen LogP contribution < -0.4 is 10.1 Å². The van der Waals surface area contributed by atoms with Crippen LogP contribution >= 0.6 is 11.6 Å². The number of aromatic nitrogens is 2. The molecule has 1 amide bonds. The quantitative estimate of drug-likeness (QED) is 0.610. The molecular formula is C21H22ClN3O2. The number of halogens is 1. The van der Waals surface area contributed by atoms with Gasteiger partial charge in [0.2, 0.25) is 5.91 Å². The van der Waals surface area contributed by atoms with Crippen LogP contribution in [0.2, 0.25) is 5.02 Å². The second-order valence-corrected chi connectivity index (χ2v) is 6.77. The number of carbonyl (C=O) groups is 1. The summed E-state index contributed by atoms with van der Waals surface area (Å²) in [5, 5.41) is 3.51. The van der Waals surface area contributed by atoms with Crippen molar-refractivity contribution in [2.75, 3.05) is 6.61 Å². The van der Waals surface area contributed by atoms with Gasteiger partial charge in [-0.3, -0.25) is 4.79 Å². The van der Waals surface area contributed by atoms with Crippen LogP contribution in [0.5, 0.6) is 5.75 Å². The minimum Gasteiger partial charge on any atom is -0.490 e. The van der Waals surface area contributed by atoms with E-state index in [9.17, 15) is 4.79 Å². The van der Waals surface area contributed by atoms with E-state index in [0.717, 1.165) is 16.9 Å². The molecule has 0 radical (unpaired) electrons. The fourth-order valence-electron chi connectivity index (χ4n) is 2.85. The highest BCUT2D eigenvalue weighted by Crippen LogP contribution is 2.24. The lowest BCUT2D eigenvalue weighted by atomic mass is 10.2. The maximum Gasteiger partial charge on any atom is 0.246 e. The number of carbonyl (C=O) groups excluding carboxylic acids is 1. The van der Waals surface area contributed by atoms with Crippen molar-refractivity contribution < 1.29 is 9.53 Å². The van der Waals surface area contributed by atoms with E-state index in [1.54, 1.807) is 13.0 Å². The first-order chi connectivity index (χ1) is 13.0. The monoisotopic (exact) mass is 383 g/mol. The van der Waals surface area contributed by atoms with Crippen molar-refractivity contribution in [3.8, 4) is 5.75 Å². The first-order valence-electron chi connectivity index (χ1n) is 8.76. The Hall–Kier alpha value is -2.79. The molecule has 0 spiro atoms. The van der Waals surface area contributed by atoms with Gasteiger partial charge in [-0.15, -0.1) is 0 Å². The third-order valence-corrected chi connectivity index (χ3v) is 4.53. The van der Waals surface area contributed by atoms with Crippen molar-refractivity contribution in [2.45, 2.75) is 26.4 Å². The molecule has 3 rings (SSSR count). The maximum absolute atomic E-state index is 12.0. The molecule has 0 bridgehead atoms. The first kappa shape index (κ1) is 19.0. The molecule has 0 aliphatic rings. The molecule has 6 heteroatoms. The van der Waals surface area contributed by atoms with Gasteiger partial charge in [0.25, 0.3) is 0 Å². The van der Waals surface area contributed by atoms with Gasteiger partial charge < -0.3 is 14.6 Å². The van der Waals surface area contributed by atoms with E-state index in [-0.39, 0.29) is 11.9 Å². The fourth-order valence-corrected chi connectivity index (χ4v) is 3.04. The minimum absolute atomic E-state index is 0.187. The molecule has 0 aliphatic heterocycles. The molecule has 0 saturated carbocycles. The number of hydrogen-bond donors (Lipinski definition) is 1. The number of rotatable bonds is 7. The largest absolute Gasteiger partial charge is 0.490 e. The number of para-hydroxylation sites is 3. The molecule has 2 aromatic carbocycles. The highest BCUT2D eigenvalue weighted by Gasteiger charge is 2.18. The van der Waals surface area contributed by atoms with E-state index >= 15 is 0 Å². The number of benzene rings is 2. The van der Waals surface area contributed by atoms with Crippen molar-refractivity contribution in [1.82, 2.24) is 14.9 Å². The Bertz CT molecular complexity index is 980. The Labute approximate surface area is 163 Å². The van der Waals surface area contributed by atoms with Gasteiger partial charge in [0, 0.05) is 5.57 Å². The smallest absolute Gasteiger partial charge is 0.246 e. The Morgan fingerprint density at radius 2 is 1.96 bits per heavy atom. The van der Waals surface area contributed by atoms with Gasteiger partial charge in [-0.05, 0) is 38.1 Å². The van der Waals surface area contributed by atoms with Gasteiger partial charge in [0.15, 0.2) is 0 Å². The van der Waals surface area contributed by atoms with Crippen LogP contribution in [0.25, 0.3) is 11.0 Å². The van der Waals surface area contributed by atoms with Crippen LogP contribution in [0.3, 0.4) is 0 Å². The van der Waals surface area contributed by atoms with Gasteiger partial charge in [0.1, 0.15) is 18.2 Å². The Kier molecular flexibility index (Phi) is 5.81. The van der Waals surface area contributed by atoms with Gasteiger partial charge in [-0.1, -0.05) is 42.4 Å². The zero-order chi connectivity index (χ0) is 19.4. The SMILES string of the molecule is C=C(C)C(=O)NC(C)c1nc2ccccc2n1CCOc1ccccc1Cl. The van der Waals surface area contributed by atoms with Crippen molar-refractivity contribution in [3.63, 3.8) is 0 Å². The van der Waals surface area contributed by atoms with Crippen LogP contribution in [-0.4, -0.2) is 22.1 Å². The van der Waals surface area contributed by atoms with E-state index in [4.69, 9.17) is 21.3 Å². The predicted octanol–water partition coefficient (Wildman–Crippen LogP) is 4.52. The molecule has 27 heavy (non-hydrogen) atoms. The van der Waals surface area contributed by atoms with E-state index in [2.05, 4.69) is 16.5 Å². The normalized spacial score (nSPS) is 12.0. The summed E-state index contributed by atoms with van der Waals surface area (Å²) in [5.41, 5.74) is 2.33. The first-order valence-corrected chi connectivity index (χ1v) is 9.14. The zero-order valence-electron chi connectivity index (χ0n) is 15.4. The molecule has 1 unspecified atom stereocenters. The van der Waals surface area contributed by atoms with E-state index in [1.807, 2.05) is 49.4 Å². The average molecular weight is 384 g/mol. The Balaban J connectivity index is 1.83. The summed E-state index contributed by atoms with van der Waals surface area (Å²) in [4.78, 5) is 16.7. The molecule has 0 saturated heterocycles. The molecule has 0 aliphatic carbocycles. The average Bonchev–Trinajstić information content (AvgIpc) is 3.02. The topological polar surface area (TPSA) is 56.2 Å². The number of hydrogen-bond acceptors (Lipinski definition) is 3. The van der Waals surface area contributed by atoms with Crippen molar-refractivity contribution in [1.29, 1.82) is 0 Å². The van der Waals surface area contributed by atoms with Crippen LogP contribution in [0, 0.1) is 0 Å². The standard InChI is InChI=1S/C21H22ClN3O2/c1-14(2)21(26)23-15(3)20-24-17-9-5-6-10-18(17)25(20)12-13-27-19-11-7-4-8-16(19)22/h4-11,15H,1,12-13H2,2-3H3,(H,23,26).